The van der Waals surface area contributed by atoms with Crippen molar-refractivity contribution in [3.05, 3.63) is 50.7 Å². The summed E-state index contributed by atoms with van der Waals surface area (Å²) < 4.78 is 13.5. The fraction of sp³-hybridized carbons (Fsp3) is 0.182. The van der Waals surface area contributed by atoms with Crippen molar-refractivity contribution in [3.63, 3.8) is 0 Å². The Morgan fingerprint density at radius 3 is 2.88 bits per heavy atom. The third-order valence-corrected chi connectivity index (χ3v) is 3.45. The highest BCUT2D eigenvalue weighted by atomic mass is 35.5. The van der Waals surface area contributed by atoms with Crippen molar-refractivity contribution in [2.75, 3.05) is 0 Å². The van der Waals surface area contributed by atoms with E-state index in [-0.39, 0.29) is 5.82 Å². The zero-order valence-electron chi connectivity index (χ0n) is 8.41. The summed E-state index contributed by atoms with van der Waals surface area (Å²) in [5, 5.41) is 3.14. The predicted octanol–water partition coefficient (Wildman–Crippen LogP) is 2.99. The smallest absolute Gasteiger partial charge is 0.128 e. The van der Waals surface area contributed by atoms with Gasteiger partial charge in [0.15, 0.2) is 0 Å². The molecule has 0 amide bonds. The number of benzene rings is 1. The third kappa shape index (κ3) is 2.40. The number of halogens is 2. The first-order valence-corrected chi connectivity index (χ1v) is 6.02. The molecule has 2 rings (SSSR count). The van der Waals surface area contributed by atoms with Gasteiger partial charge in [-0.2, -0.15) is 0 Å². The number of hydrogen-bond acceptors (Lipinski definition) is 3. The van der Waals surface area contributed by atoms with Crippen LogP contribution in [0.3, 0.4) is 0 Å². The van der Waals surface area contributed by atoms with Crippen LogP contribution in [-0.2, 0) is 13.0 Å². The molecule has 1 aromatic heterocycles. The van der Waals surface area contributed by atoms with Gasteiger partial charge in [-0.15, -0.1) is 11.3 Å². The van der Waals surface area contributed by atoms with E-state index in [4.69, 9.17) is 17.3 Å². The maximum absolute atomic E-state index is 13.5. The lowest BCUT2D eigenvalue weighted by atomic mass is 10.1. The monoisotopic (exact) mass is 256 g/mol. The lowest BCUT2D eigenvalue weighted by Crippen LogP contribution is -1.98. The fourth-order valence-electron chi connectivity index (χ4n) is 1.38. The molecule has 0 aliphatic rings. The standard InChI is InChI=1S/C11H10ClFN2S/c12-9-2-1-3-10(13)8(9)4-11-15-7(5-14)6-16-11/h1-3,6H,4-5,14H2. The second kappa shape index (κ2) is 4.91. The summed E-state index contributed by atoms with van der Waals surface area (Å²) >= 11 is 7.40. The molecule has 2 aromatic rings. The minimum Gasteiger partial charge on any atom is -0.325 e. The quantitative estimate of drug-likeness (QED) is 0.917. The highest BCUT2D eigenvalue weighted by Crippen LogP contribution is 2.23. The van der Waals surface area contributed by atoms with Crippen LogP contribution in [0.1, 0.15) is 16.3 Å². The summed E-state index contributed by atoms with van der Waals surface area (Å²) in [4.78, 5) is 4.27. The van der Waals surface area contributed by atoms with E-state index in [0.29, 0.717) is 23.6 Å². The summed E-state index contributed by atoms with van der Waals surface area (Å²) in [5.74, 6) is -0.294. The summed E-state index contributed by atoms with van der Waals surface area (Å²) in [6.45, 7) is 0.404. The zero-order chi connectivity index (χ0) is 11.5. The summed E-state index contributed by atoms with van der Waals surface area (Å²) in [7, 11) is 0. The van der Waals surface area contributed by atoms with E-state index >= 15 is 0 Å². The largest absolute Gasteiger partial charge is 0.325 e. The lowest BCUT2D eigenvalue weighted by Gasteiger charge is -2.02. The molecule has 5 heteroatoms. The highest BCUT2D eigenvalue weighted by molar-refractivity contribution is 7.09. The number of nitrogens with zero attached hydrogens (tertiary/aromatic N) is 1. The van der Waals surface area contributed by atoms with Crippen molar-refractivity contribution in [1.29, 1.82) is 0 Å². The van der Waals surface area contributed by atoms with Gasteiger partial charge >= 0.3 is 0 Å². The second-order valence-electron chi connectivity index (χ2n) is 3.31. The highest BCUT2D eigenvalue weighted by Gasteiger charge is 2.10. The molecule has 2 N–H and O–H groups in total. The van der Waals surface area contributed by atoms with Gasteiger partial charge in [0.1, 0.15) is 5.82 Å². The minimum atomic E-state index is -0.294. The van der Waals surface area contributed by atoms with Crippen molar-refractivity contribution in [2.24, 2.45) is 5.73 Å². The number of aromatic nitrogens is 1. The average molecular weight is 257 g/mol. The molecule has 0 radical (unpaired) electrons. The molecule has 0 fully saturated rings. The Balaban J connectivity index is 2.26. The van der Waals surface area contributed by atoms with Crippen LogP contribution in [0.25, 0.3) is 0 Å². The topological polar surface area (TPSA) is 38.9 Å². The van der Waals surface area contributed by atoms with E-state index in [0.717, 1.165) is 10.7 Å². The Morgan fingerprint density at radius 1 is 1.44 bits per heavy atom. The van der Waals surface area contributed by atoms with Gasteiger partial charge in [-0.3, -0.25) is 0 Å². The van der Waals surface area contributed by atoms with Crippen molar-refractivity contribution in [2.45, 2.75) is 13.0 Å². The van der Waals surface area contributed by atoms with Gasteiger partial charge in [0.05, 0.1) is 10.7 Å². The van der Waals surface area contributed by atoms with Gasteiger partial charge in [0, 0.05) is 28.9 Å². The molecule has 1 heterocycles. The molecule has 0 unspecified atom stereocenters. The Bertz CT molecular complexity index is 478. The van der Waals surface area contributed by atoms with Crippen molar-refractivity contribution in [1.82, 2.24) is 4.98 Å². The first-order valence-electron chi connectivity index (χ1n) is 4.77. The van der Waals surface area contributed by atoms with Crippen molar-refractivity contribution >= 4 is 22.9 Å². The average Bonchev–Trinajstić information content (AvgIpc) is 2.71. The Kier molecular flexibility index (Phi) is 3.53. The minimum absolute atomic E-state index is 0.294. The number of nitrogens with two attached hydrogens (primary N) is 1. The third-order valence-electron chi connectivity index (χ3n) is 2.20. The number of hydrogen-bond donors (Lipinski definition) is 1. The van der Waals surface area contributed by atoms with E-state index in [1.807, 2.05) is 5.38 Å². The molecule has 1 aromatic carbocycles. The molecule has 0 saturated carbocycles. The van der Waals surface area contributed by atoms with Crippen LogP contribution in [0.15, 0.2) is 23.6 Å². The summed E-state index contributed by atoms with van der Waals surface area (Å²) in [6, 6.07) is 4.67. The van der Waals surface area contributed by atoms with E-state index in [2.05, 4.69) is 4.98 Å². The van der Waals surface area contributed by atoms with Gasteiger partial charge in [0.25, 0.3) is 0 Å². The van der Waals surface area contributed by atoms with Gasteiger partial charge < -0.3 is 5.73 Å². The maximum atomic E-state index is 13.5. The molecule has 84 valence electrons. The SMILES string of the molecule is NCc1csc(Cc2c(F)cccc2Cl)n1. The Hall–Kier alpha value is -0.970. The Labute approximate surface area is 102 Å². The summed E-state index contributed by atoms with van der Waals surface area (Å²) in [6.07, 6.45) is 0.413. The first-order chi connectivity index (χ1) is 7.70. The van der Waals surface area contributed by atoms with Crippen LogP contribution in [0, 0.1) is 5.82 Å². The van der Waals surface area contributed by atoms with Gasteiger partial charge in [-0.1, -0.05) is 17.7 Å². The van der Waals surface area contributed by atoms with E-state index in [1.165, 1.54) is 17.4 Å². The predicted molar refractivity (Wildman–Crippen MR) is 64.2 cm³/mol. The zero-order valence-corrected chi connectivity index (χ0v) is 9.98. The molecule has 0 spiro atoms. The Morgan fingerprint density at radius 2 is 2.25 bits per heavy atom. The van der Waals surface area contributed by atoms with Crippen LogP contribution < -0.4 is 5.73 Å². The summed E-state index contributed by atoms with van der Waals surface area (Å²) in [5.41, 5.74) is 6.77. The van der Waals surface area contributed by atoms with Gasteiger partial charge in [-0.25, -0.2) is 9.37 Å². The van der Waals surface area contributed by atoms with Crippen molar-refractivity contribution in [3.8, 4) is 0 Å². The molecule has 0 atom stereocenters. The van der Waals surface area contributed by atoms with Crippen molar-refractivity contribution < 1.29 is 4.39 Å². The molecule has 0 aliphatic carbocycles. The van der Waals surface area contributed by atoms with Crippen LogP contribution in [0.4, 0.5) is 4.39 Å². The maximum Gasteiger partial charge on any atom is 0.128 e. The van der Waals surface area contributed by atoms with Crippen LogP contribution in [0.2, 0.25) is 5.02 Å². The molecule has 16 heavy (non-hydrogen) atoms. The van der Waals surface area contributed by atoms with E-state index in [1.54, 1.807) is 12.1 Å². The first kappa shape index (κ1) is 11.5. The van der Waals surface area contributed by atoms with E-state index < -0.39 is 0 Å². The molecule has 0 bridgehead atoms. The fourth-order valence-corrected chi connectivity index (χ4v) is 2.42. The number of thiazole rings is 1. The lowest BCUT2D eigenvalue weighted by molar-refractivity contribution is 0.614. The molecule has 0 saturated heterocycles. The van der Waals surface area contributed by atoms with Gasteiger partial charge in [-0.05, 0) is 12.1 Å². The second-order valence-corrected chi connectivity index (χ2v) is 4.66. The van der Waals surface area contributed by atoms with Crippen LogP contribution in [0.5, 0.6) is 0 Å². The molecule has 0 aliphatic heterocycles. The molecular formula is C11H10ClFN2S. The van der Waals surface area contributed by atoms with E-state index in [9.17, 15) is 4.39 Å². The number of rotatable bonds is 3. The van der Waals surface area contributed by atoms with Gasteiger partial charge in [0.2, 0.25) is 0 Å². The molecular weight excluding hydrogens is 247 g/mol. The van der Waals surface area contributed by atoms with Crippen LogP contribution in [-0.4, -0.2) is 4.98 Å². The normalized spacial score (nSPS) is 10.7. The molecule has 2 nitrogen and oxygen atoms in total. The van der Waals surface area contributed by atoms with Crippen LogP contribution >= 0.6 is 22.9 Å².